The van der Waals surface area contributed by atoms with Crippen molar-refractivity contribution in [3.8, 4) is 0 Å². The van der Waals surface area contributed by atoms with E-state index >= 15 is 0 Å². The van der Waals surface area contributed by atoms with E-state index in [4.69, 9.17) is 0 Å². The summed E-state index contributed by atoms with van der Waals surface area (Å²) in [7, 11) is 0. The van der Waals surface area contributed by atoms with Gasteiger partial charge in [0.1, 0.15) is 5.82 Å². The predicted octanol–water partition coefficient (Wildman–Crippen LogP) is 6.65. The summed E-state index contributed by atoms with van der Waals surface area (Å²) in [5.41, 5.74) is 2.91. The number of halogens is 2. The van der Waals surface area contributed by atoms with Crippen LogP contribution in [0.2, 0.25) is 0 Å². The fourth-order valence-corrected chi connectivity index (χ4v) is 4.07. The molecule has 1 unspecified atom stereocenters. The standard InChI is InChI=1S/C20H18BrFS/c1-2-17-11-9-14(18-12-10-16(21)13-19(18)22)7-8-15-5-3-4-6-20(15)23-17/h3-7,9-13,17H,2,8H2,1H3/b11-9-,14-7+. The molecule has 3 heteroatoms. The van der Waals surface area contributed by atoms with Crippen molar-refractivity contribution in [2.24, 2.45) is 0 Å². The van der Waals surface area contributed by atoms with Crippen LogP contribution >= 0.6 is 27.7 Å². The molecule has 0 radical (unpaired) electrons. The summed E-state index contributed by atoms with van der Waals surface area (Å²) in [6, 6.07) is 13.7. The van der Waals surface area contributed by atoms with E-state index in [1.54, 1.807) is 0 Å². The third-order valence-electron chi connectivity index (χ3n) is 3.93. The fraction of sp³-hybridized carbons (Fsp3) is 0.200. The molecule has 1 heterocycles. The van der Waals surface area contributed by atoms with Gasteiger partial charge in [0, 0.05) is 20.2 Å². The number of hydrogen-bond donors (Lipinski definition) is 0. The molecule has 0 nitrogen and oxygen atoms in total. The molecule has 1 atom stereocenters. The van der Waals surface area contributed by atoms with E-state index in [0.29, 0.717) is 10.8 Å². The molecule has 1 aliphatic rings. The van der Waals surface area contributed by atoms with Gasteiger partial charge < -0.3 is 0 Å². The molecule has 0 fully saturated rings. The van der Waals surface area contributed by atoms with Gasteiger partial charge in [0.15, 0.2) is 0 Å². The molecule has 23 heavy (non-hydrogen) atoms. The number of rotatable bonds is 2. The zero-order chi connectivity index (χ0) is 16.2. The highest BCUT2D eigenvalue weighted by atomic mass is 79.9. The Morgan fingerprint density at radius 1 is 1.22 bits per heavy atom. The van der Waals surface area contributed by atoms with Gasteiger partial charge in [-0.3, -0.25) is 0 Å². The van der Waals surface area contributed by atoms with E-state index in [1.165, 1.54) is 16.5 Å². The molecule has 0 aromatic heterocycles. The van der Waals surface area contributed by atoms with Crippen LogP contribution in [0.1, 0.15) is 24.5 Å². The van der Waals surface area contributed by atoms with Crippen molar-refractivity contribution in [1.82, 2.24) is 0 Å². The summed E-state index contributed by atoms with van der Waals surface area (Å²) in [5, 5.41) is 0.399. The van der Waals surface area contributed by atoms with Gasteiger partial charge in [-0.05, 0) is 42.2 Å². The Kier molecular flexibility index (Phi) is 5.39. The first-order chi connectivity index (χ1) is 11.2. The normalized spacial score (nSPS) is 21.3. The summed E-state index contributed by atoms with van der Waals surface area (Å²) in [5.74, 6) is -0.191. The Morgan fingerprint density at radius 3 is 2.83 bits per heavy atom. The summed E-state index contributed by atoms with van der Waals surface area (Å²) in [4.78, 5) is 1.32. The van der Waals surface area contributed by atoms with Gasteiger partial charge in [0.2, 0.25) is 0 Å². The van der Waals surface area contributed by atoms with Crippen LogP contribution in [0, 0.1) is 5.82 Å². The monoisotopic (exact) mass is 388 g/mol. The minimum Gasteiger partial charge on any atom is -0.206 e. The van der Waals surface area contributed by atoms with Crippen LogP contribution in [0.3, 0.4) is 0 Å². The molecule has 0 amide bonds. The number of allylic oxidation sites excluding steroid dienone is 3. The number of fused-ring (bicyclic) bond motifs is 1. The minimum absolute atomic E-state index is 0.191. The van der Waals surface area contributed by atoms with Gasteiger partial charge in [0.05, 0.1) is 0 Å². The van der Waals surface area contributed by atoms with E-state index in [9.17, 15) is 4.39 Å². The SMILES string of the molecule is CCC1/C=C\C(c2ccc(Br)cc2F)=C/Cc2ccccc2S1. The van der Waals surface area contributed by atoms with Gasteiger partial charge in [-0.1, -0.05) is 65.3 Å². The third-order valence-corrected chi connectivity index (χ3v) is 5.87. The van der Waals surface area contributed by atoms with Crippen LogP contribution in [-0.2, 0) is 6.42 Å². The predicted molar refractivity (Wildman–Crippen MR) is 101 cm³/mol. The molecular formula is C20H18BrFS. The lowest BCUT2D eigenvalue weighted by molar-refractivity contribution is 0.623. The molecule has 0 saturated heterocycles. The van der Waals surface area contributed by atoms with Crippen LogP contribution in [0.15, 0.2) is 70.1 Å². The van der Waals surface area contributed by atoms with Crippen LogP contribution in [0.5, 0.6) is 0 Å². The fourth-order valence-electron chi connectivity index (χ4n) is 2.63. The zero-order valence-corrected chi connectivity index (χ0v) is 15.3. The van der Waals surface area contributed by atoms with Crippen molar-refractivity contribution in [3.05, 3.63) is 82.1 Å². The Morgan fingerprint density at radius 2 is 2.04 bits per heavy atom. The van der Waals surface area contributed by atoms with E-state index in [2.05, 4.69) is 65.3 Å². The molecule has 2 aromatic rings. The molecule has 0 N–H and O–H groups in total. The van der Waals surface area contributed by atoms with Crippen molar-refractivity contribution < 1.29 is 4.39 Å². The second-order valence-electron chi connectivity index (χ2n) is 5.52. The molecule has 118 valence electrons. The minimum atomic E-state index is -0.191. The zero-order valence-electron chi connectivity index (χ0n) is 12.9. The second kappa shape index (κ2) is 7.50. The number of thioether (sulfide) groups is 1. The van der Waals surface area contributed by atoms with Gasteiger partial charge in [0.25, 0.3) is 0 Å². The Balaban J connectivity index is 2.04. The third kappa shape index (κ3) is 3.96. The van der Waals surface area contributed by atoms with Gasteiger partial charge in [-0.2, -0.15) is 0 Å². The molecule has 2 aromatic carbocycles. The van der Waals surface area contributed by atoms with Crippen molar-refractivity contribution in [1.29, 1.82) is 0 Å². The van der Waals surface area contributed by atoms with Gasteiger partial charge in [-0.15, -0.1) is 11.8 Å². The average Bonchev–Trinajstić information content (AvgIpc) is 2.63. The van der Waals surface area contributed by atoms with Crippen molar-refractivity contribution in [3.63, 3.8) is 0 Å². The molecule has 0 saturated carbocycles. The first kappa shape index (κ1) is 16.5. The maximum atomic E-state index is 14.3. The van der Waals surface area contributed by atoms with Crippen molar-refractivity contribution in [2.75, 3.05) is 0 Å². The quantitative estimate of drug-likeness (QED) is 0.554. The van der Waals surface area contributed by atoms with E-state index in [1.807, 2.05) is 23.9 Å². The maximum absolute atomic E-state index is 14.3. The number of benzene rings is 2. The molecule has 3 rings (SSSR count). The van der Waals surface area contributed by atoms with Crippen LogP contribution in [0.4, 0.5) is 4.39 Å². The van der Waals surface area contributed by atoms with E-state index in [-0.39, 0.29) is 5.82 Å². The molecule has 0 bridgehead atoms. The molecular weight excluding hydrogens is 371 g/mol. The second-order valence-corrected chi connectivity index (χ2v) is 7.72. The van der Waals surface area contributed by atoms with Crippen molar-refractivity contribution >= 4 is 33.3 Å². The Hall–Kier alpha value is -1.32. The van der Waals surface area contributed by atoms with E-state index < -0.39 is 0 Å². The smallest absolute Gasteiger partial charge is 0.132 e. The highest BCUT2D eigenvalue weighted by Crippen LogP contribution is 2.33. The summed E-state index contributed by atoms with van der Waals surface area (Å²) >= 11 is 5.21. The Bertz CT molecular complexity index is 764. The van der Waals surface area contributed by atoms with Gasteiger partial charge in [-0.25, -0.2) is 4.39 Å². The van der Waals surface area contributed by atoms with Crippen LogP contribution in [-0.4, -0.2) is 5.25 Å². The summed E-state index contributed by atoms with van der Waals surface area (Å²) < 4.78 is 15.1. The van der Waals surface area contributed by atoms with Crippen LogP contribution < -0.4 is 0 Å². The first-order valence-electron chi connectivity index (χ1n) is 7.75. The average molecular weight is 389 g/mol. The summed E-state index contributed by atoms with van der Waals surface area (Å²) in [6.45, 7) is 2.19. The summed E-state index contributed by atoms with van der Waals surface area (Å²) in [6.07, 6.45) is 8.25. The highest BCUT2D eigenvalue weighted by molar-refractivity contribution is 9.10. The lowest BCUT2D eigenvalue weighted by Crippen LogP contribution is -1.96. The molecule has 0 spiro atoms. The largest absolute Gasteiger partial charge is 0.206 e. The Labute approximate surface area is 149 Å². The first-order valence-corrected chi connectivity index (χ1v) is 9.43. The highest BCUT2D eigenvalue weighted by Gasteiger charge is 2.12. The molecule has 0 aliphatic carbocycles. The van der Waals surface area contributed by atoms with Gasteiger partial charge >= 0.3 is 0 Å². The number of hydrogen-bond acceptors (Lipinski definition) is 1. The van der Waals surface area contributed by atoms with Crippen molar-refractivity contribution in [2.45, 2.75) is 29.9 Å². The topological polar surface area (TPSA) is 0 Å². The van der Waals surface area contributed by atoms with E-state index in [0.717, 1.165) is 22.9 Å². The molecule has 1 aliphatic heterocycles. The maximum Gasteiger partial charge on any atom is 0.132 e. The lowest BCUT2D eigenvalue weighted by Gasteiger charge is -2.12. The lowest BCUT2D eigenvalue weighted by atomic mass is 10.0. The van der Waals surface area contributed by atoms with Crippen LogP contribution in [0.25, 0.3) is 5.57 Å².